The van der Waals surface area contributed by atoms with E-state index in [4.69, 9.17) is 32.7 Å². The Labute approximate surface area is 191 Å². The number of hydrogen-bond acceptors (Lipinski definition) is 6. The summed E-state index contributed by atoms with van der Waals surface area (Å²) in [5.74, 6) is 0.693. The minimum Gasteiger partial charge on any atom is -0.490 e. The second-order valence-electron chi connectivity index (χ2n) is 6.44. The van der Waals surface area contributed by atoms with Gasteiger partial charge in [-0.3, -0.25) is 19.9 Å². The van der Waals surface area contributed by atoms with Gasteiger partial charge in [0, 0.05) is 5.02 Å². The van der Waals surface area contributed by atoms with Crippen LogP contribution in [-0.2, 0) is 6.61 Å². The summed E-state index contributed by atoms with van der Waals surface area (Å²) in [5, 5.41) is 12.0. The Balaban J connectivity index is 1.92. The fourth-order valence-electron chi connectivity index (χ4n) is 2.80. The van der Waals surface area contributed by atoms with Crippen LogP contribution in [-0.4, -0.2) is 21.5 Å². The van der Waals surface area contributed by atoms with Gasteiger partial charge in [-0.15, -0.1) is 0 Å². The molecule has 2 N–H and O–H groups in total. The van der Waals surface area contributed by atoms with Crippen LogP contribution in [0.1, 0.15) is 23.7 Å². The van der Waals surface area contributed by atoms with Crippen LogP contribution < -0.4 is 20.7 Å². The van der Waals surface area contributed by atoms with Gasteiger partial charge in [0.15, 0.2) is 11.5 Å². The predicted molar refractivity (Wildman–Crippen MR) is 122 cm³/mol. The SMILES string of the molecule is CCOc1cc(/C=C/c2[nH]c(=O)[nH]c(=O)c2[N+](=O)[O-])cc(Cl)c1OCc1ccc(Cl)cc1. The summed E-state index contributed by atoms with van der Waals surface area (Å²) in [6.07, 6.45) is 2.69. The van der Waals surface area contributed by atoms with Crippen LogP contribution in [0.3, 0.4) is 0 Å². The second-order valence-corrected chi connectivity index (χ2v) is 7.28. The fraction of sp³-hybridized carbons (Fsp3) is 0.143. The lowest BCUT2D eigenvalue weighted by Crippen LogP contribution is -2.25. The van der Waals surface area contributed by atoms with Crippen molar-refractivity contribution in [2.45, 2.75) is 13.5 Å². The molecule has 0 bridgehead atoms. The zero-order chi connectivity index (χ0) is 23.3. The minimum absolute atomic E-state index is 0.229. The van der Waals surface area contributed by atoms with Gasteiger partial charge in [0.1, 0.15) is 12.3 Å². The van der Waals surface area contributed by atoms with Gasteiger partial charge in [-0.25, -0.2) is 4.79 Å². The molecule has 0 aliphatic rings. The molecule has 32 heavy (non-hydrogen) atoms. The highest BCUT2D eigenvalue weighted by Crippen LogP contribution is 2.38. The number of ether oxygens (including phenoxy) is 2. The van der Waals surface area contributed by atoms with E-state index >= 15 is 0 Å². The highest BCUT2D eigenvalue weighted by Gasteiger charge is 2.19. The molecule has 1 aromatic heterocycles. The summed E-state index contributed by atoms with van der Waals surface area (Å²) in [6, 6.07) is 10.3. The van der Waals surface area contributed by atoms with Gasteiger partial charge in [0.05, 0.1) is 16.6 Å². The zero-order valence-corrected chi connectivity index (χ0v) is 18.2. The molecule has 3 aromatic rings. The van der Waals surface area contributed by atoms with E-state index in [0.717, 1.165) is 5.56 Å². The molecule has 2 aromatic carbocycles. The monoisotopic (exact) mass is 477 g/mol. The topological polar surface area (TPSA) is 127 Å². The largest absolute Gasteiger partial charge is 0.490 e. The maximum atomic E-state index is 11.7. The van der Waals surface area contributed by atoms with Crippen molar-refractivity contribution in [2.24, 2.45) is 0 Å². The van der Waals surface area contributed by atoms with Crippen molar-refractivity contribution in [3.63, 3.8) is 0 Å². The Morgan fingerprint density at radius 3 is 2.44 bits per heavy atom. The maximum absolute atomic E-state index is 11.7. The van der Waals surface area contributed by atoms with E-state index < -0.39 is 21.9 Å². The van der Waals surface area contributed by atoms with Crippen molar-refractivity contribution in [3.05, 3.63) is 94.2 Å². The van der Waals surface area contributed by atoms with Crippen LogP contribution in [0.5, 0.6) is 11.5 Å². The normalized spacial score (nSPS) is 11.0. The standard InChI is InChI=1S/C21H17Cl2N3O6/c1-2-31-17-10-13(5-8-16-18(26(29)30)20(27)25-21(28)24-16)9-15(23)19(17)32-11-12-3-6-14(22)7-4-12/h3-10H,2,11H2,1H3,(H2,24,25,27,28)/b8-5+. The Morgan fingerprint density at radius 2 is 1.78 bits per heavy atom. The molecule has 0 unspecified atom stereocenters. The molecule has 0 radical (unpaired) electrons. The van der Waals surface area contributed by atoms with Gasteiger partial charge in [0.25, 0.3) is 0 Å². The number of H-pyrrole nitrogens is 2. The molecule has 0 saturated carbocycles. The third kappa shape index (κ3) is 5.57. The Morgan fingerprint density at radius 1 is 1.06 bits per heavy atom. The molecule has 0 spiro atoms. The molecule has 0 amide bonds. The smallest absolute Gasteiger partial charge is 0.357 e. The molecule has 0 saturated heterocycles. The predicted octanol–water partition coefficient (Wildman–Crippen LogP) is 4.43. The summed E-state index contributed by atoms with van der Waals surface area (Å²) in [6.45, 7) is 2.36. The van der Waals surface area contributed by atoms with E-state index in [2.05, 4.69) is 4.98 Å². The van der Waals surface area contributed by atoms with Crippen molar-refractivity contribution < 1.29 is 14.4 Å². The van der Waals surface area contributed by atoms with Crippen molar-refractivity contribution in [3.8, 4) is 11.5 Å². The van der Waals surface area contributed by atoms with E-state index in [0.29, 0.717) is 28.7 Å². The average molecular weight is 478 g/mol. The van der Waals surface area contributed by atoms with E-state index in [-0.39, 0.29) is 17.3 Å². The maximum Gasteiger partial charge on any atom is 0.357 e. The minimum atomic E-state index is -1.10. The van der Waals surface area contributed by atoms with Gasteiger partial charge in [-0.05, 0) is 48.4 Å². The van der Waals surface area contributed by atoms with Crippen molar-refractivity contribution in [1.82, 2.24) is 9.97 Å². The highest BCUT2D eigenvalue weighted by molar-refractivity contribution is 6.32. The number of benzene rings is 2. The molecule has 1 heterocycles. The summed E-state index contributed by atoms with van der Waals surface area (Å²) in [4.78, 5) is 37.6. The molecule has 9 nitrogen and oxygen atoms in total. The number of hydrogen-bond donors (Lipinski definition) is 2. The van der Waals surface area contributed by atoms with E-state index in [1.165, 1.54) is 12.2 Å². The van der Waals surface area contributed by atoms with Gasteiger partial charge in [-0.2, -0.15) is 0 Å². The number of rotatable bonds is 8. The lowest BCUT2D eigenvalue weighted by atomic mass is 10.1. The molecular formula is C21H17Cl2N3O6. The van der Waals surface area contributed by atoms with Gasteiger partial charge >= 0.3 is 16.9 Å². The number of nitro groups is 1. The third-order valence-electron chi connectivity index (χ3n) is 4.20. The summed E-state index contributed by atoms with van der Waals surface area (Å²) < 4.78 is 11.5. The van der Waals surface area contributed by atoms with Crippen LogP contribution in [0.25, 0.3) is 12.2 Å². The number of aromatic amines is 2. The molecule has 11 heteroatoms. The summed E-state index contributed by atoms with van der Waals surface area (Å²) in [5.41, 5.74) is -1.60. The number of halogens is 2. The summed E-state index contributed by atoms with van der Waals surface area (Å²) in [7, 11) is 0. The van der Waals surface area contributed by atoms with Crippen LogP contribution in [0.2, 0.25) is 10.0 Å². The molecule has 0 aliphatic heterocycles. The van der Waals surface area contributed by atoms with Gasteiger partial charge < -0.3 is 14.5 Å². The van der Waals surface area contributed by atoms with Crippen molar-refractivity contribution in [1.29, 1.82) is 0 Å². The molecule has 0 aliphatic carbocycles. The number of nitrogens with one attached hydrogen (secondary N) is 2. The third-order valence-corrected chi connectivity index (χ3v) is 4.73. The van der Waals surface area contributed by atoms with E-state index in [1.54, 1.807) is 31.2 Å². The highest BCUT2D eigenvalue weighted by atomic mass is 35.5. The first-order valence-electron chi connectivity index (χ1n) is 9.31. The van der Waals surface area contributed by atoms with E-state index in [1.807, 2.05) is 17.1 Å². The van der Waals surface area contributed by atoms with Gasteiger partial charge in [-0.1, -0.05) is 41.4 Å². The van der Waals surface area contributed by atoms with Crippen LogP contribution in [0, 0.1) is 10.1 Å². The number of aromatic nitrogens is 2. The van der Waals surface area contributed by atoms with Crippen LogP contribution in [0.15, 0.2) is 46.0 Å². The lowest BCUT2D eigenvalue weighted by molar-refractivity contribution is -0.386. The van der Waals surface area contributed by atoms with Crippen molar-refractivity contribution >= 4 is 41.0 Å². The van der Waals surface area contributed by atoms with E-state index in [9.17, 15) is 19.7 Å². The lowest BCUT2D eigenvalue weighted by Gasteiger charge is -2.14. The first-order valence-corrected chi connectivity index (χ1v) is 10.1. The zero-order valence-electron chi connectivity index (χ0n) is 16.7. The molecular weight excluding hydrogens is 461 g/mol. The van der Waals surface area contributed by atoms with Gasteiger partial charge in [0.2, 0.25) is 0 Å². The molecule has 0 fully saturated rings. The number of nitrogens with zero attached hydrogens (tertiary/aromatic N) is 1. The average Bonchev–Trinajstić information content (AvgIpc) is 2.72. The molecule has 0 atom stereocenters. The fourth-order valence-corrected chi connectivity index (χ4v) is 3.20. The van der Waals surface area contributed by atoms with Crippen LogP contribution in [0.4, 0.5) is 5.69 Å². The van der Waals surface area contributed by atoms with Crippen LogP contribution >= 0.6 is 23.2 Å². The van der Waals surface area contributed by atoms with Crippen molar-refractivity contribution in [2.75, 3.05) is 6.61 Å². The molecule has 3 rings (SSSR count). The Bertz CT molecular complexity index is 1280. The Kier molecular flexibility index (Phi) is 7.34. The first-order chi connectivity index (χ1) is 15.3. The quantitative estimate of drug-likeness (QED) is 0.364. The summed E-state index contributed by atoms with van der Waals surface area (Å²) >= 11 is 12.3. The Hall–Kier alpha value is -3.56. The molecule has 166 valence electrons. The first kappa shape index (κ1) is 23.1. The second kappa shape index (κ2) is 10.2.